The van der Waals surface area contributed by atoms with Crippen LogP contribution in [-0.2, 0) is 12.8 Å². The molecule has 0 atom stereocenters. The van der Waals surface area contributed by atoms with Crippen molar-refractivity contribution in [2.45, 2.75) is 12.8 Å². The quantitative estimate of drug-likeness (QED) is 0.887. The van der Waals surface area contributed by atoms with E-state index >= 15 is 0 Å². The van der Waals surface area contributed by atoms with Gasteiger partial charge in [-0.25, -0.2) is 4.98 Å². The molecule has 0 fully saturated rings. The Morgan fingerprint density at radius 3 is 3.00 bits per heavy atom. The van der Waals surface area contributed by atoms with E-state index in [4.69, 9.17) is 21.8 Å². The number of halogens is 1. The van der Waals surface area contributed by atoms with Gasteiger partial charge in [-0.1, -0.05) is 23.7 Å². The number of rotatable bonds is 4. The number of benzene rings is 1. The number of oxazole rings is 1. The Bertz CT molecular complexity index is 468. The molecule has 16 heavy (non-hydrogen) atoms. The van der Waals surface area contributed by atoms with Crippen molar-refractivity contribution in [2.75, 3.05) is 6.54 Å². The summed E-state index contributed by atoms with van der Waals surface area (Å²) in [5.41, 5.74) is 6.53. The van der Waals surface area contributed by atoms with Crippen LogP contribution in [0.2, 0.25) is 5.02 Å². The number of hydrogen-bond acceptors (Lipinski definition) is 3. The normalized spacial score (nSPS) is 10.6. The first kappa shape index (κ1) is 11.2. The molecule has 0 saturated heterocycles. The first-order valence-electron chi connectivity index (χ1n) is 5.16. The number of nitrogens with zero attached hydrogens (tertiary/aromatic N) is 1. The molecule has 84 valence electrons. The van der Waals surface area contributed by atoms with E-state index in [-0.39, 0.29) is 0 Å². The van der Waals surface area contributed by atoms with Crippen LogP contribution in [0.4, 0.5) is 0 Å². The van der Waals surface area contributed by atoms with Crippen molar-refractivity contribution < 1.29 is 4.42 Å². The summed E-state index contributed by atoms with van der Waals surface area (Å²) in [6, 6.07) is 7.68. The summed E-state index contributed by atoms with van der Waals surface area (Å²) in [5, 5.41) is 0.728. The molecule has 0 aliphatic carbocycles. The van der Waals surface area contributed by atoms with Gasteiger partial charge in [0.15, 0.2) is 5.89 Å². The number of nitrogens with two attached hydrogens (primary N) is 1. The Morgan fingerprint density at radius 1 is 1.38 bits per heavy atom. The predicted molar refractivity (Wildman–Crippen MR) is 63.5 cm³/mol. The Morgan fingerprint density at radius 2 is 2.25 bits per heavy atom. The lowest BCUT2D eigenvalue weighted by Gasteiger charge is -1.97. The summed E-state index contributed by atoms with van der Waals surface area (Å²) in [7, 11) is 0. The topological polar surface area (TPSA) is 52.0 Å². The van der Waals surface area contributed by atoms with Crippen LogP contribution < -0.4 is 5.73 Å². The van der Waals surface area contributed by atoms with Crippen molar-refractivity contribution in [2.24, 2.45) is 5.73 Å². The lowest BCUT2D eigenvalue weighted by Crippen LogP contribution is -2.01. The summed E-state index contributed by atoms with van der Waals surface area (Å²) >= 11 is 5.90. The van der Waals surface area contributed by atoms with E-state index in [0.29, 0.717) is 18.9 Å². The second kappa shape index (κ2) is 5.14. The SMILES string of the molecule is NCCc1cnc(Cc2cccc(Cl)c2)o1. The van der Waals surface area contributed by atoms with E-state index in [9.17, 15) is 0 Å². The van der Waals surface area contributed by atoms with Crippen LogP contribution in [0.15, 0.2) is 34.9 Å². The minimum absolute atomic E-state index is 0.575. The van der Waals surface area contributed by atoms with E-state index in [1.54, 1.807) is 6.20 Å². The molecule has 1 aromatic heterocycles. The standard InChI is InChI=1S/C12H13ClN2O/c13-10-3-1-2-9(6-10)7-12-15-8-11(16-12)4-5-14/h1-3,6,8H,4-5,7,14H2. The van der Waals surface area contributed by atoms with E-state index in [2.05, 4.69) is 4.98 Å². The van der Waals surface area contributed by atoms with Gasteiger partial charge in [0.1, 0.15) is 5.76 Å². The van der Waals surface area contributed by atoms with Crippen molar-refractivity contribution >= 4 is 11.6 Å². The smallest absolute Gasteiger partial charge is 0.198 e. The van der Waals surface area contributed by atoms with Crippen LogP contribution in [0, 0.1) is 0 Å². The zero-order valence-corrected chi connectivity index (χ0v) is 9.57. The maximum Gasteiger partial charge on any atom is 0.198 e. The molecule has 3 nitrogen and oxygen atoms in total. The highest BCUT2D eigenvalue weighted by molar-refractivity contribution is 6.30. The lowest BCUT2D eigenvalue weighted by molar-refractivity contribution is 0.464. The summed E-state index contributed by atoms with van der Waals surface area (Å²) in [4.78, 5) is 4.19. The van der Waals surface area contributed by atoms with Crippen LogP contribution in [0.5, 0.6) is 0 Å². The molecule has 0 aliphatic rings. The van der Waals surface area contributed by atoms with Gasteiger partial charge in [-0.2, -0.15) is 0 Å². The second-order valence-electron chi connectivity index (χ2n) is 3.57. The maximum atomic E-state index is 5.90. The largest absolute Gasteiger partial charge is 0.445 e. The molecule has 4 heteroatoms. The molecule has 2 rings (SSSR count). The van der Waals surface area contributed by atoms with Crippen molar-refractivity contribution in [1.29, 1.82) is 0 Å². The Balaban J connectivity index is 2.08. The fraction of sp³-hybridized carbons (Fsp3) is 0.250. The fourth-order valence-electron chi connectivity index (χ4n) is 1.51. The van der Waals surface area contributed by atoms with Gasteiger partial charge >= 0.3 is 0 Å². The van der Waals surface area contributed by atoms with E-state index in [1.165, 1.54) is 0 Å². The number of aromatic nitrogens is 1. The molecule has 1 aromatic carbocycles. The molecule has 0 amide bonds. The summed E-state index contributed by atoms with van der Waals surface area (Å²) in [6.45, 7) is 0.575. The van der Waals surface area contributed by atoms with Gasteiger partial charge in [0.2, 0.25) is 0 Å². The highest BCUT2D eigenvalue weighted by Crippen LogP contribution is 2.15. The third-order valence-corrected chi connectivity index (χ3v) is 2.47. The van der Waals surface area contributed by atoms with Crippen LogP contribution >= 0.6 is 11.6 Å². The van der Waals surface area contributed by atoms with E-state index in [0.717, 1.165) is 22.8 Å². The van der Waals surface area contributed by atoms with Gasteiger partial charge in [-0.05, 0) is 24.2 Å². The van der Waals surface area contributed by atoms with Gasteiger partial charge in [0, 0.05) is 17.9 Å². The molecular weight excluding hydrogens is 224 g/mol. The monoisotopic (exact) mass is 236 g/mol. The van der Waals surface area contributed by atoms with E-state index in [1.807, 2.05) is 24.3 Å². The third kappa shape index (κ3) is 2.84. The summed E-state index contributed by atoms with van der Waals surface area (Å²) in [5.74, 6) is 1.53. The highest BCUT2D eigenvalue weighted by Gasteiger charge is 2.04. The molecule has 0 saturated carbocycles. The molecule has 2 N–H and O–H groups in total. The summed E-state index contributed by atoms with van der Waals surface area (Å²) in [6.07, 6.45) is 3.11. The average Bonchev–Trinajstić information content (AvgIpc) is 2.66. The van der Waals surface area contributed by atoms with Crippen LogP contribution in [-0.4, -0.2) is 11.5 Å². The molecule has 1 heterocycles. The fourth-order valence-corrected chi connectivity index (χ4v) is 1.72. The second-order valence-corrected chi connectivity index (χ2v) is 4.00. The first-order valence-corrected chi connectivity index (χ1v) is 5.54. The molecule has 0 spiro atoms. The maximum absolute atomic E-state index is 5.90. The van der Waals surface area contributed by atoms with Gasteiger partial charge in [0.05, 0.1) is 6.20 Å². The Hall–Kier alpha value is -1.32. The molecular formula is C12H13ClN2O. The van der Waals surface area contributed by atoms with Crippen molar-refractivity contribution in [3.8, 4) is 0 Å². The Labute approximate surface area is 99.2 Å². The van der Waals surface area contributed by atoms with Crippen LogP contribution in [0.3, 0.4) is 0 Å². The van der Waals surface area contributed by atoms with Gasteiger partial charge in [-0.3, -0.25) is 0 Å². The minimum Gasteiger partial charge on any atom is -0.445 e. The average molecular weight is 237 g/mol. The van der Waals surface area contributed by atoms with Gasteiger partial charge in [-0.15, -0.1) is 0 Å². The molecule has 0 bridgehead atoms. The minimum atomic E-state index is 0.575. The zero-order chi connectivity index (χ0) is 11.4. The van der Waals surface area contributed by atoms with Crippen molar-refractivity contribution in [1.82, 2.24) is 4.98 Å². The van der Waals surface area contributed by atoms with Crippen LogP contribution in [0.25, 0.3) is 0 Å². The molecule has 2 aromatic rings. The summed E-state index contributed by atoms with van der Waals surface area (Å²) < 4.78 is 5.53. The molecule has 0 unspecified atom stereocenters. The van der Waals surface area contributed by atoms with Crippen molar-refractivity contribution in [3.05, 3.63) is 52.7 Å². The predicted octanol–water partition coefficient (Wildman–Crippen LogP) is 2.42. The lowest BCUT2D eigenvalue weighted by atomic mass is 10.1. The van der Waals surface area contributed by atoms with Gasteiger partial charge in [0.25, 0.3) is 0 Å². The van der Waals surface area contributed by atoms with Crippen LogP contribution in [0.1, 0.15) is 17.2 Å². The van der Waals surface area contributed by atoms with E-state index < -0.39 is 0 Å². The highest BCUT2D eigenvalue weighted by atomic mass is 35.5. The zero-order valence-electron chi connectivity index (χ0n) is 8.82. The molecule has 0 aliphatic heterocycles. The van der Waals surface area contributed by atoms with Gasteiger partial charge < -0.3 is 10.2 Å². The molecule has 0 radical (unpaired) electrons. The number of hydrogen-bond donors (Lipinski definition) is 1. The Kier molecular flexibility index (Phi) is 3.59. The van der Waals surface area contributed by atoms with Crippen molar-refractivity contribution in [3.63, 3.8) is 0 Å². The third-order valence-electron chi connectivity index (χ3n) is 2.24. The first-order chi connectivity index (χ1) is 7.78.